The average Bonchev–Trinajstić information content (AvgIpc) is 2.87. The molecule has 0 aliphatic carbocycles. The van der Waals surface area contributed by atoms with Crippen molar-refractivity contribution >= 4 is 5.69 Å². The number of methoxy groups -OCH3 is 1. The Bertz CT molecular complexity index is 451. The standard InChI is InChI=1S/C16H26N2O/c1-11-9-15(12(2)13(3)16(11)19-5)18(4)10-14-7-6-8-17-14/h9,14,17H,6-8,10H2,1-5H3. The minimum Gasteiger partial charge on any atom is -0.496 e. The third-order valence-electron chi connectivity index (χ3n) is 4.27. The minimum atomic E-state index is 0.632. The van der Waals surface area contributed by atoms with E-state index in [9.17, 15) is 0 Å². The highest BCUT2D eigenvalue weighted by atomic mass is 16.5. The first-order valence-electron chi connectivity index (χ1n) is 7.14. The van der Waals surface area contributed by atoms with Gasteiger partial charge in [-0.1, -0.05) is 0 Å². The molecule has 0 aromatic heterocycles. The van der Waals surface area contributed by atoms with Crippen molar-refractivity contribution in [1.29, 1.82) is 0 Å². The van der Waals surface area contributed by atoms with E-state index in [-0.39, 0.29) is 0 Å². The van der Waals surface area contributed by atoms with Crippen molar-refractivity contribution in [3.05, 3.63) is 22.8 Å². The summed E-state index contributed by atoms with van der Waals surface area (Å²) >= 11 is 0. The Morgan fingerprint density at radius 2 is 2.05 bits per heavy atom. The minimum absolute atomic E-state index is 0.632. The lowest BCUT2D eigenvalue weighted by Crippen LogP contribution is -2.35. The summed E-state index contributed by atoms with van der Waals surface area (Å²) in [6, 6.07) is 2.88. The molecule has 1 aromatic rings. The zero-order chi connectivity index (χ0) is 14.0. The summed E-state index contributed by atoms with van der Waals surface area (Å²) in [6.07, 6.45) is 2.59. The second kappa shape index (κ2) is 5.83. The molecule has 1 N–H and O–H groups in total. The van der Waals surface area contributed by atoms with Crippen molar-refractivity contribution in [2.75, 3.05) is 32.1 Å². The van der Waals surface area contributed by atoms with Crippen LogP contribution in [0.4, 0.5) is 5.69 Å². The van der Waals surface area contributed by atoms with Crippen molar-refractivity contribution < 1.29 is 4.74 Å². The van der Waals surface area contributed by atoms with E-state index in [1.54, 1.807) is 7.11 Å². The summed E-state index contributed by atoms with van der Waals surface area (Å²) < 4.78 is 5.49. The van der Waals surface area contributed by atoms with Crippen LogP contribution < -0.4 is 15.0 Å². The molecule has 0 bridgehead atoms. The van der Waals surface area contributed by atoms with Gasteiger partial charge < -0.3 is 15.0 Å². The monoisotopic (exact) mass is 262 g/mol. The molecule has 1 aliphatic rings. The zero-order valence-electron chi connectivity index (χ0n) is 12.8. The summed E-state index contributed by atoms with van der Waals surface area (Å²) in [5.41, 5.74) is 5.11. The number of aryl methyl sites for hydroxylation is 1. The van der Waals surface area contributed by atoms with E-state index < -0.39 is 0 Å². The van der Waals surface area contributed by atoms with Crippen LogP contribution in [0.15, 0.2) is 6.07 Å². The Morgan fingerprint density at radius 3 is 2.63 bits per heavy atom. The summed E-state index contributed by atoms with van der Waals surface area (Å²) in [5, 5.41) is 3.56. The maximum Gasteiger partial charge on any atom is 0.125 e. The predicted octanol–water partition coefficient (Wildman–Crippen LogP) is 2.81. The van der Waals surface area contributed by atoms with E-state index in [0.29, 0.717) is 6.04 Å². The van der Waals surface area contributed by atoms with Gasteiger partial charge in [0, 0.05) is 25.3 Å². The van der Waals surface area contributed by atoms with E-state index in [2.05, 4.69) is 44.1 Å². The Morgan fingerprint density at radius 1 is 1.32 bits per heavy atom. The number of likely N-dealkylation sites (N-methyl/N-ethyl adjacent to an activating group) is 1. The molecule has 1 heterocycles. The number of hydrogen-bond donors (Lipinski definition) is 1. The van der Waals surface area contributed by atoms with Gasteiger partial charge in [0.15, 0.2) is 0 Å². The van der Waals surface area contributed by atoms with Crippen LogP contribution in [-0.4, -0.2) is 33.3 Å². The van der Waals surface area contributed by atoms with Crippen LogP contribution in [0.2, 0.25) is 0 Å². The molecule has 1 saturated heterocycles. The number of anilines is 1. The molecule has 3 nitrogen and oxygen atoms in total. The Kier molecular flexibility index (Phi) is 4.35. The van der Waals surface area contributed by atoms with Crippen LogP contribution >= 0.6 is 0 Å². The summed E-state index contributed by atoms with van der Waals surface area (Å²) in [4.78, 5) is 2.37. The molecule has 19 heavy (non-hydrogen) atoms. The average molecular weight is 262 g/mol. The largest absolute Gasteiger partial charge is 0.496 e. The maximum atomic E-state index is 5.49. The molecule has 0 amide bonds. The fourth-order valence-corrected chi connectivity index (χ4v) is 3.09. The van der Waals surface area contributed by atoms with Gasteiger partial charge in [0.05, 0.1) is 7.11 Å². The fraction of sp³-hybridized carbons (Fsp3) is 0.625. The molecule has 1 aliphatic heterocycles. The molecule has 0 radical (unpaired) electrons. The third kappa shape index (κ3) is 2.86. The molecule has 1 atom stereocenters. The molecular weight excluding hydrogens is 236 g/mol. The van der Waals surface area contributed by atoms with Crippen LogP contribution in [0.5, 0.6) is 5.75 Å². The first kappa shape index (κ1) is 14.2. The quantitative estimate of drug-likeness (QED) is 0.903. The van der Waals surface area contributed by atoms with Gasteiger partial charge in [-0.3, -0.25) is 0 Å². The van der Waals surface area contributed by atoms with Gasteiger partial charge >= 0.3 is 0 Å². The Labute approximate surface area is 116 Å². The molecule has 1 unspecified atom stereocenters. The van der Waals surface area contributed by atoms with E-state index >= 15 is 0 Å². The second-order valence-corrected chi connectivity index (χ2v) is 5.67. The van der Waals surface area contributed by atoms with E-state index in [1.165, 1.54) is 35.2 Å². The van der Waals surface area contributed by atoms with Gasteiger partial charge in [-0.05, 0) is 62.9 Å². The van der Waals surface area contributed by atoms with E-state index in [1.807, 2.05) is 0 Å². The summed E-state index contributed by atoms with van der Waals surface area (Å²) in [6.45, 7) is 8.69. The predicted molar refractivity (Wildman–Crippen MR) is 81.5 cm³/mol. The number of benzene rings is 1. The smallest absolute Gasteiger partial charge is 0.125 e. The van der Waals surface area contributed by atoms with Gasteiger partial charge in [-0.15, -0.1) is 0 Å². The fourth-order valence-electron chi connectivity index (χ4n) is 3.09. The van der Waals surface area contributed by atoms with Crippen molar-refractivity contribution in [1.82, 2.24) is 5.32 Å². The van der Waals surface area contributed by atoms with Crippen LogP contribution in [0.1, 0.15) is 29.5 Å². The topological polar surface area (TPSA) is 24.5 Å². The zero-order valence-corrected chi connectivity index (χ0v) is 12.8. The van der Waals surface area contributed by atoms with Crippen LogP contribution in [0.25, 0.3) is 0 Å². The molecule has 1 fully saturated rings. The van der Waals surface area contributed by atoms with Crippen LogP contribution in [-0.2, 0) is 0 Å². The number of rotatable bonds is 4. The van der Waals surface area contributed by atoms with Crippen molar-refractivity contribution in [2.24, 2.45) is 0 Å². The SMILES string of the molecule is COc1c(C)cc(N(C)CC2CCCN2)c(C)c1C. The summed E-state index contributed by atoms with van der Waals surface area (Å²) in [5.74, 6) is 1.02. The van der Waals surface area contributed by atoms with Crippen LogP contribution in [0.3, 0.4) is 0 Å². The molecule has 1 aromatic carbocycles. The first-order chi connectivity index (χ1) is 9.04. The highest BCUT2D eigenvalue weighted by molar-refractivity contribution is 5.62. The number of nitrogens with one attached hydrogen (secondary N) is 1. The van der Waals surface area contributed by atoms with Gasteiger partial charge in [0.1, 0.15) is 5.75 Å². The van der Waals surface area contributed by atoms with Crippen molar-refractivity contribution in [3.8, 4) is 5.75 Å². The molecule has 106 valence electrons. The number of ether oxygens (including phenoxy) is 1. The van der Waals surface area contributed by atoms with Gasteiger partial charge in [0.25, 0.3) is 0 Å². The van der Waals surface area contributed by atoms with Gasteiger partial charge in [0.2, 0.25) is 0 Å². The molecule has 0 spiro atoms. The number of hydrogen-bond acceptors (Lipinski definition) is 3. The number of nitrogens with zero attached hydrogens (tertiary/aromatic N) is 1. The summed E-state index contributed by atoms with van der Waals surface area (Å²) in [7, 11) is 3.94. The second-order valence-electron chi connectivity index (χ2n) is 5.67. The molecular formula is C16H26N2O. The molecule has 2 rings (SSSR count). The van der Waals surface area contributed by atoms with Crippen molar-refractivity contribution in [2.45, 2.75) is 39.7 Å². The van der Waals surface area contributed by atoms with Gasteiger partial charge in [-0.25, -0.2) is 0 Å². The first-order valence-corrected chi connectivity index (χ1v) is 7.14. The lowest BCUT2D eigenvalue weighted by Gasteiger charge is -2.27. The highest BCUT2D eigenvalue weighted by Gasteiger charge is 2.19. The normalized spacial score (nSPS) is 18.7. The van der Waals surface area contributed by atoms with E-state index in [4.69, 9.17) is 4.74 Å². The van der Waals surface area contributed by atoms with Gasteiger partial charge in [-0.2, -0.15) is 0 Å². The van der Waals surface area contributed by atoms with Crippen molar-refractivity contribution in [3.63, 3.8) is 0 Å². The molecule has 0 saturated carbocycles. The molecule has 3 heteroatoms. The van der Waals surface area contributed by atoms with E-state index in [0.717, 1.165) is 18.8 Å². The van der Waals surface area contributed by atoms with Crippen LogP contribution in [0, 0.1) is 20.8 Å². The lowest BCUT2D eigenvalue weighted by molar-refractivity contribution is 0.408. The maximum absolute atomic E-state index is 5.49. The Balaban J connectivity index is 2.23. The lowest BCUT2D eigenvalue weighted by atomic mass is 10.0. The third-order valence-corrected chi connectivity index (χ3v) is 4.27. The highest BCUT2D eigenvalue weighted by Crippen LogP contribution is 2.33. The Hall–Kier alpha value is -1.22.